The highest BCUT2D eigenvalue weighted by molar-refractivity contribution is 5.82. The minimum atomic E-state index is 0.908. The molecule has 0 aliphatic carbocycles. The third kappa shape index (κ3) is 5.49. The van der Waals surface area contributed by atoms with Gasteiger partial charge < -0.3 is 5.43 Å². The molecule has 0 heterocycles. The summed E-state index contributed by atoms with van der Waals surface area (Å²) in [4.78, 5) is 0. The van der Waals surface area contributed by atoms with Crippen LogP contribution in [0.25, 0.3) is 33.9 Å². The van der Waals surface area contributed by atoms with Crippen LogP contribution in [0.1, 0.15) is 18.1 Å². The summed E-state index contributed by atoms with van der Waals surface area (Å²) in [6, 6.07) is 37.0. The Morgan fingerprint density at radius 2 is 1.67 bits per heavy atom. The number of rotatable bonds is 7. The van der Waals surface area contributed by atoms with Crippen LogP contribution < -0.4 is 11.3 Å². The highest BCUT2D eigenvalue weighted by Crippen LogP contribution is 2.31. The van der Waals surface area contributed by atoms with Gasteiger partial charge in [0.05, 0.1) is 5.69 Å². The van der Waals surface area contributed by atoms with E-state index in [1.165, 1.54) is 11.1 Å². The summed E-state index contributed by atoms with van der Waals surface area (Å²) in [5.74, 6) is 5.70. The van der Waals surface area contributed by atoms with E-state index in [2.05, 4.69) is 90.4 Å². The normalized spacial score (nSPS) is 11.6. The van der Waals surface area contributed by atoms with Gasteiger partial charge in [0, 0.05) is 5.56 Å². The van der Waals surface area contributed by atoms with Crippen molar-refractivity contribution in [3.63, 3.8) is 0 Å². The predicted molar refractivity (Wildman–Crippen MR) is 141 cm³/mol. The smallest absolute Gasteiger partial charge is 0.0563 e. The lowest BCUT2D eigenvalue weighted by Gasteiger charge is -2.10. The number of hydrazine groups is 1. The second kappa shape index (κ2) is 10.8. The largest absolute Gasteiger partial charge is 0.324 e. The van der Waals surface area contributed by atoms with E-state index in [0.717, 1.165) is 33.5 Å². The summed E-state index contributed by atoms with van der Waals surface area (Å²) in [6.45, 7) is 2.02. The van der Waals surface area contributed by atoms with Gasteiger partial charge in [0.25, 0.3) is 0 Å². The van der Waals surface area contributed by atoms with Crippen LogP contribution in [0.4, 0.5) is 5.69 Å². The minimum absolute atomic E-state index is 0.908. The van der Waals surface area contributed by atoms with Gasteiger partial charge in [0.15, 0.2) is 0 Å². The molecule has 0 spiro atoms. The van der Waals surface area contributed by atoms with Crippen molar-refractivity contribution in [1.29, 1.82) is 0 Å². The first kappa shape index (κ1) is 21.9. The van der Waals surface area contributed by atoms with Crippen molar-refractivity contribution in [2.24, 2.45) is 5.84 Å². The van der Waals surface area contributed by atoms with E-state index < -0.39 is 0 Å². The predicted octanol–water partition coefficient (Wildman–Crippen LogP) is 7.58. The molecule has 0 saturated heterocycles. The van der Waals surface area contributed by atoms with E-state index in [1.807, 2.05) is 55.5 Å². The highest BCUT2D eigenvalue weighted by Gasteiger charge is 2.05. The Morgan fingerprint density at radius 1 is 0.848 bits per heavy atom. The van der Waals surface area contributed by atoms with Crippen LogP contribution in [0.2, 0.25) is 0 Å². The molecule has 0 aromatic heterocycles. The number of nitrogens with one attached hydrogen (secondary N) is 1. The van der Waals surface area contributed by atoms with Crippen LogP contribution in [-0.2, 0) is 0 Å². The summed E-state index contributed by atoms with van der Waals surface area (Å²) < 4.78 is 0. The molecule has 0 radical (unpaired) electrons. The van der Waals surface area contributed by atoms with Crippen LogP contribution in [0.15, 0.2) is 115 Å². The molecule has 0 atom stereocenters. The standard InChI is InChI=1S/C31H26N2/c1-2-3-10-26(25-11-5-4-6-12-25)20-17-24-18-21-27(22-19-24)28-13-9-14-29(23-28)30-15-7-8-16-31(30)33-32/h2-3,5,7-23,33H,32H2,1H3/b3-2+,20-17-,26-10+. The van der Waals surface area contributed by atoms with Crippen LogP contribution in [-0.4, -0.2) is 0 Å². The third-order valence-corrected chi connectivity index (χ3v) is 5.41. The topological polar surface area (TPSA) is 38.0 Å². The molecule has 0 fully saturated rings. The van der Waals surface area contributed by atoms with Gasteiger partial charge in [-0.25, -0.2) is 0 Å². The van der Waals surface area contributed by atoms with Gasteiger partial charge >= 0.3 is 0 Å². The molecule has 0 aliphatic rings. The summed E-state index contributed by atoms with van der Waals surface area (Å²) >= 11 is 0. The van der Waals surface area contributed by atoms with E-state index in [9.17, 15) is 0 Å². The zero-order valence-corrected chi connectivity index (χ0v) is 18.6. The summed E-state index contributed by atoms with van der Waals surface area (Å²) in [5.41, 5.74) is 11.6. The van der Waals surface area contributed by atoms with Crippen molar-refractivity contribution in [1.82, 2.24) is 0 Å². The van der Waals surface area contributed by atoms with Crippen molar-refractivity contribution in [3.05, 3.63) is 139 Å². The van der Waals surface area contributed by atoms with Crippen LogP contribution in [0.3, 0.4) is 0 Å². The van der Waals surface area contributed by atoms with Gasteiger partial charge in [-0.1, -0.05) is 103 Å². The zero-order chi connectivity index (χ0) is 22.9. The second-order valence-electron chi connectivity index (χ2n) is 7.60. The molecule has 0 bridgehead atoms. The molecule has 33 heavy (non-hydrogen) atoms. The first-order valence-electron chi connectivity index (χ1n) is 10.9. The minimum Gasteiger partial charge on any atom is -0.324 e. The van der Waals surface area contributed by atoms with E-state index >= 15 is 0 Å². The fraction of sp³-hybridized carbons (Fsp3) is 0.0323. The molecule has 4 aromatic carbocycles. The molecule has 0 unspecified atom stereocenters. The SMILES string of the molecule is C/C=C/C=C(\C=C/c1ccc(-c2cccc(-c3ccccc3NN)c2)cc1)c1cc#ccc1. The second-order valence-corrected chi connectivity index (χ2v) is 7.60. The Hall–Kier alpha value is -4.32. The molecule has 0 amide bonds. The van der Waals surface area contributed by atoms with Crippen molar-refractivity contribution in [3.8, 4) is 22.3 Å². The number of hydrogen-bond acceptors (Lipinski definition) is 2. The summed E-state index contributed by atoms with van der Waals surface area (Å²) in [5, 5.41) is 0. The zero-order valence-electron chi connectivity index (χ0n) is 18.6. The van der Waals surface area contributed by atoms with E-state index in [4.69, 9.17) is 5.84 Å². The van der Waals surface area contributed by atoms with Crippen LogP contribution in [0.5, 0.6) is 0 Å². The van der Waals surface area contributed by atoms with E-state index in [-0.39, 0.29) is 0 Å². The average molecular weight is 427 g/mol. The molecule has 2 nitrogen and oxygen atoms in total. The van der Waals surface area contributed by atoms with Gasteiger partial charge in [0.2, 0.25) is 0 Å². The fourth-order valence-electron chi connectivity index (χ4n) is 3.67. The molecule has 2 heteroatoms. The Labute approximate surface area is 196 Å². The first-order chi connectivity index (χ1) is 16.3. The molecule has 0 aliphatic heterocycles. The van der Waals surface area contributed by atoms with Crippen molar-refractivity contribution in [2.75, 3.05) is 5.43 Å². The Kier molecular flexibility index (Phi) is 7.18. The number of benzene rings is 3. The highest BCUT2D eigenvalue weighted by atomic mass is 15.2. The molecular formula is C31H26N2. The van der Waals surface area contributed by atoms with Gasteiger partial charge in [-0.15, -0.1) is 0 Å². The van der Waals surface area contributed by atoms with Crippen LogP contribution in [0, 0.1) is 12.1 Å². The quantitative estimate of drug-likeness (QED) is 0.182. The summed E-state index contributed by atoms with van der Waals surface area (Å²) in [6.07, 6.45) is 10.4. The molecule has 0 saturated carbocycles. The van der Waals surface area contributed by atoms with Gasteiger partial charge in [0.1, 0.15) is 0 Å². The average Bonchev–Trinajstić information content (AvgIpc) is 2.89. The lowest BCUT2D eigenvalue weighted by molar-refractivity contribution is 1.35. The number of hydrogen-bond donors (Lipinski definition) is 2. The maximum absolute atomic E-state index is 5.70. The molecule has 4 aromatic rings. The van der Waals surface area contributed by atoms with E-state index in [1.54, 1.807) is 0 Å². The van der Waals surface area contributed by atoms with E-state index in [0.29, 0.717) is 0 Å². The maximum Gasteiger partial charge on any atom is 0.0563 e. The monoisotopic (exact) mass is 426 g/mol. The summed E-state index contributed by atoms with van der Waals surface area (Å²) in [7, 11) is 0. The third-order valence-electron chi connectivity index (χ3n) is 5.41. The van der Waals surface area contributed by atoms with Gasteiger partial charge in [-0.2, -0.15) is 0 Å². The van der Waals surface area contributed by atoms with Crippen molar-refractivity contribution >= 4 is 17.3 Å². The molecule has 4 rings (SSSR count). The van der Waals surface area contributed by atoms with Crippen LogP contribution >= 0.6 is 0 Å². The Balaban J connectivity index is 1.57. The van der Waals surface area contributed by atoms with Gasteiger partial charge in [-0.3, -0.25) is 5.84 Å². The molecule has 160 valence electrons. The number of nitrogens with two attached hydrogens (primary N) is 1. The molecule has 3 N–H and O–H groups in total. The van der Waals surface area contributed by atoms with Gasteiger partial charge in [-0.05, 0) is 70.6 Å². The Morgan fingerprint density at radius 3 is 2.42 bits per heavy atom. The first-order valence-corrected chi connectivity index (χ1v) is 10.9. The number of para-hydroxylation sites is 1. The lowest BCUT2D eigenvalue weighted by atomic mass is 9.97. The Bertz CT molecular complexity index is 1280. The lowest BCUT2D eigenvalue weighted by Crippen LogP contribution is -2.07. The fourth-order valence-corrected chi connectivity index (χ4v) is 3.67. The number of anilines is 1. The van der Waals surface area contributed by atoms with Crippen molar-refractivity contribution in [2.45, 2.75) is 6.92 Å². The maximum atomic E-state index is 5.70. The number of allylic oxidation sites excluding steroid dienone is 5. The van der Waals surface area contributed by atoms with Crippen molar-refractivity contribution < 1.29 is 0 Å². The molecular weight excluding hydrogens is 400 g/mol. The number of nitrogen functional groups attached to an aromatic ring is 1.